The predicted octanol–water partition coefficient (Wildman–Crippen LogP) is 1.82. The number of thioether (sulfide) groups is 1. The van der Waals surface area contributed by atoms with E-state index in [-0.39, 0.29) is 0 Å². The minimum atomic E-state index is -1.38. The first-order chi connectivity index (χ1) is 12.4. The van der Waals surface area contributed by atoms with Gasteiger partial charge >= 0.3 is 0 Å². The molecule has 0 aliphatic carbocycles. The fourth-order valence-corrected chi connectivity index (χ4v) is 3.35. The van der Waals surface area contributed by atoms with Crippen LogP contribution >= 0.6 is 11.8 Å². The highest BCUT2D eigenvalue weighted by Crippen LogP contribution is 2.18. The fraction of sp³-hybridized carbons (Fsp3) is 0.368. The zero-order chi connectivity index (χ0) is 19.1. The number of nitrogens with one attached hydrogen (secondary N) is 2. The molecule has 140 valence electrons. The van der Waals surface area contributed by atoms with Crippen molar-refractivity contribution in [3.05, 3.63) is 48.0 Å². The number of hydrazine groups is 1. The molecule has 0 heterocycles. The summed E-state index contributed by atoms with van der Waals surface area (Å²) in [6.45, 7) is 4.14. The lowest BCUT2D eigenvalue weighted by Gasteiger charge is -2.19. The molecule has 2 aromatic rings. The number of carbonyl (C=O) groups is 2. The number of amides is 2. The van der Waals surface area contributed by atoms with Crippen LogP contribution in [0.4, 0.5) is 0 Å². The van der Waals surface area contributed by atoms with Crippen molar-refractivity contribution in [1.29, 1.82) is 0 Å². The predicted molar refractivity (Wildman–Crippen MR) is 106 cm³/mol. The molecule has 0 fully saturated rings. The first-order valence-corrected chi connectivity index (χ1v) is 9.58. The molecule has 5 N–H and O–H groups in total. The molecular formula is C19H25N3O3S. The highest BCUT2D eigenvalue weighted by atomic mass is 32.2. The summed E-state index contributed by atoms with van der Waals surface area (Å²) in [6, 6.07) is 12.1. The number of aliphatic hydroxyl groups is 1. The average molecular weight is 375 g/mol. The summed E-state index contributed by atoms with van der Waals surface area (Å²) in [5.41, 5.74) is 10.9. The lowest BCUT2D eigenvalue weighted by Crippen LogP contribution is -2.52. The number of hydrogen-bond acceptors (Lipinski definition) is 5. The molecule has 0 aromatic heterocycles. The second kappa shape index (κ2) is 9.56. The highest BCUT2D eigenvalue weighted by molar-refractivity contribution is 7.99. The molecule has 2 rings (SSSR count). The molecule has 0 aliphatic heterocycles. The second-order valence-corrected chi connectivity index (χ2v) is 7.97. The standard InChI is InChI=1S/C19H25N3O3S/c1-12(2)26-11-10-16(20)17(23)19(25)22-21-18(24)15-9-5-7-13-6-3-4-8-14(13)15/h3-9,12,16-17,23H,10-11,20H2,1-2H3,(H,21,24)(H,22,25)/t16-,17?/m1/s1. The maximum atomic E-state index is 12.4. The van der Waals surface area contributed by atoms with Gasteiger partial charge in [0.15, 0.2) is 0 Å². The van der Waals surface area contributed by atoms with Gasteiger partial charge in [-0.15, -0.1) is 0 Å². The molecule has 0 radical (unpaired) electrons. The molecule has 6 nitrogen and oxygen atoms in total. The Kier molecular flexibility index (Phi) is 7.44. The minimum absolute atomic E-state index is 0.440. The SMILES string of the molecule is CC(C)SCC[C@@H](N)C(O)C(=O)NNC(=O)c1cccc2ccccc12. The van der Waals surface area contributed by atoms with Crippen LogP contribution in [0.2, 0.25) is 0 Å². The number of hydrogen-bond donors (Lipinski definition) is 4. The minimum Gasteiger partial charge on any atom is -0.382 e. The molecular weight excluding hydrogens is 350 g/mol. The van der Waals surface area contributed by atoms with Gasteiger partial charge < -0.3 is 10.8 Å². The molecule has 2 amide bonds. The largest absolute Gasteiger partial charge is 0.382 e. The van der Waals surface area contributed by atoms with Gasteiger partial charge in [-0.25, -0.2) is 0 Å². The van der Waals surface area contributed by atoms with Crippen LogP contribution in [-0.2, 0) is 4.79 Å². The maximum Gasteiger partial charge on any atom is 0.270 e. The van der Waals surface area contributed by atoms with Crippen molar-refractivity contribution in [1.82, 2.24) is 10.9 Å². The van der Waals surface area contributed by atoms with E-state index in [4.69, 9.17) is 5.73 Å². The van der Waals surface area contributed by atoms with Crippen LogP contribution in [0.3, 0.4) is 0 Å². The van der Waals surface area contributed by atoms with Crippen molar-refractivity contribution < 1.29 is 14.7 Å². The van der Waals surface area contributed by atoms with E-state index in [0.29, 0.717) is 17.2 Å². The number of fused-ring (bicyclic) bond motifs is 1. The molecule has 2 aromatic carbocycles. The van der Waals surface area contributed by atoms with E-state index >= 15 is 0 Å². The van der Waals surface area contributed by atoms with Crippen molar-refractivity contribution in [2.45, 2.75) is 37.7 Å². The van der Waals surface area contributed by atoms with E-state index in [1.165, 1.54) is 0 Å². The van der Waals surface area contributed by atoms with Gasteiger partial charge in [-0.3, -0.25) is 20.4 Å². The number of nitrogens with two attached hydrogens (primary N) is 1. The van der Waals surface area contributed by atoms with E-state index in [0.717, 1.165) is 16.5 Å². The van der Waals surface area contributed by atoms with Gasteiger partial charge in [0.2, 0.25) is 0 Å². The summed E-state index contributed by atoms with van der Waals surface area (Å²) in [6.07, 6.45) is -0.870. The zero-order valence-corrected chi connectivity index (χ0v) is 15.8. The van der Waals surface area contributed by atoms with Gasteiger partial charge in [0.1, 0.15) is 6.10 Å². The van der Waals surface area contributed by atoms with Gasteiger partial charge in [0.05, 0.1) is 0 Å². The summed E-state index contributed by atoms with van der Waals surface area (Å²) < 4.78 is 0. The van der Waals surface area contributed by atoms with E-state index in [9.17, 15) is 14.7 Å². The summed E-state index contributed by atoms with van der Waals surface area (Å²) in [4.78, 5) is 24.4. The lowest BCUT2D eigenvalue weighted by molar-refractivity contribution is -0.131. The molecule has 0 saturated carbocycles. The number of aliphatic hydroxyl groups excluding tert-OH is 1. The van der Waals surface area contributed by atoms with E-state index in [1.54, 1.807) is 23.9 Å². The van der Waals surface area contributed by atoms with Crippen LogP contribution in [-0.4, -0.2) is 40.1 Å². The van der Waals surface area contributed by atoms with Gasteiger partial charge in [-0.05, 0) is 34.3 Å². The monoisotopic (exact) mass is 375 g/mol. The Balaban J connectivity index is 1.90. The van der Waals surface area contributed by atoms with E-state index in [1.807, 2.05) is 30.3 Å². The second-order valence-electron chi connectivity index (χ2n) is 6.29. The van der Waals surface area contributed by atoms with Gasteiger partial charge in [0.25, 0.3) is 11.8 Å². The van der Waals surface area contributed by atoms with Crippen LogP contribution < -0.4 is 16.6 Å². The Bertz CT molecular complexity index is 761. The van der Waals surface area contributed by atoms with Crippen molar-refractivity contribution in [3.63, 3.8) is 0 Å². The maximum absolute atomic E-state index is 12.4. The van der Waals surface area contributed by atoms with E-state index < -0.39 is 24.0 Å². The number of carbonyl (C=O) groups excluding carboxylic acids is 2. The van der Waals surface area contributed by atoms with Crippen molar-refractivity contribution in [2.24, 2.45) is 5.73 Å². The quantitative estimate of drug-likeness (QED) is 0.553. The molecule has 0 saturated heterocycles. The Hall–Kier alpha value is -2.09. The third-order valence-corrected chi connectivity index (χ3v) is 5.05. The summed E-state index contributed by atoms with van der Waals surface area (Å²) in [7, 11) is 0. The van der Waals surface area contributed by atoms with Crippen LogP contribution in [0.1, 0.15) is 30.6 Å². The first kappa shape index (κ1) is 20.2. The third kappa shape index (κ3) is 5.45. The smallest absolute Gasteiger partial charge is 0.270 e. The Morgan fingerprint density at radius 1 is 1.12 bits per heavy atom. The van der Waals surface area contributed by atoms with Gasteiger partial charge in [0, 0.05) is 11.6 Å². The van der Waals surface area contributed by atoms with Crippen molar-refractivity contribution in [2.75, 3.05) is 5.75 Å². The number of benzene rings is 2. The molecule has 0 spiro atoms. The van der Waals surface area contributed by atoms with Gasteiger partial charge in [-0.2, -0.15) is 11.8 Å². The molecule has 7 heteroatoms. The Morgan fingerprint density at radius 2 is 1.81 bits per heavy atom. The fourth-order valence-electron chi connectivity index (χ4n) is 2.48. The van der Waals surface area contributed by atoms with E-state index in [2.05, 4.69) is 24.7 Å². The Morgan fingerprint density at radius 3 is 2.54 bits per heavy atom. The Labute approximate surface area is 157 Å². The normalized spacial score (nSPS) is 13.4. The first-order valence-electron chi connectivity index (χ1n) is 8.53. The third-order valence-electron chi connectivity index (χ3n) is 3.91. The summed E-state index contributed by atoms with van der Waals surface area (Å²) in [5.74, 6) is -0.419. The van der Waals surface area contributed by atoms with Gasteiger partial charge in [-0.1, -0.05) is 50.2 Å². The highest BCUT2D eigenvalue weighted by Gasteiger charge is 2.23. The summed E-state index contributed by atoms with van der Waals surface area (Å²) in [5, 5.41) is 12.2. The molecule has 0 bridgehead atoms. The summed E-state index contributed by atoms with van der Waals surface area (Å²) >= 11 is 1.71. The van der Waals surface area contributed by atoms with Crippen LogP contribution in [0, 0.1) is 0 Å². The van der Waals surface area contributed by atoms with Crippen LogP contribution in [0.25, 0.3) is 10.8 Å². The molecule has 1 unspecified atom stereocenters. The van der Waals surface area contributed by atoms with Crippen molar-refractivity contribution >= 4 is 34.3 Å². The lowest BCUT2D eigenvalue weighted by atomic mass is 10.0. The van der Waals surface area contributed by atoms with Crippen molar-refractivity contribution in [3.8, 4) is 0 Å². The van der Waals surface area contributed by atoms with Crippen LogP contribution in [0.5, 0.6) is 0 Å². The topological polar surface area (TPSA) is 104 Å². The molecule has 26 heavy (non-hydrogen) atoms. The molecule has 0 aliphatic rings. The number of rotatable bonds is 7. The average Bonchev–Trinajstić information content (AvgIpc) is 2.64. The van der Waals surface area contributed by atoms with Crippen LogP contribution in [0.15, 0.2) is 42.5 Å². The zero-order valence-electron chi connectivity index (χ0n) is 14.9. The molecule has 2 atom stereocenters.